The standard InChI is InChI=1S/C17H13F3N2O/c18-17(19,20)14(12-6-2-1-3-7-12)10-16(23)22-15-9-5-4-8-13(15)11-21/h1-9,14H,10H2,(H,22,23)/t14-/m1/s1. The summed E-state index contributed by atoms with van der Waals surface area (Å²) >= 11 is 0. The monoisotopic (exact) mass is 318 g/mol. The fourth-order valence-corrected chi connectivity index (χ4v) is 2.18. The van der Waals surface area contributed by atoms with Crippen LogP contribution in [0.25, 0.3) is 0 Å². The van der Waals surface area contributed by atoms with Crippen molar-refractivity contribution in [3.05, 3.63) is 65.7 Å². The molecule has 0 aliphatic rings. The first-order chi connectivity index (χ1) is 10.9. The number of hydrogen-bond donors (Lipinski definition) is 1. The van der Waals surface area contributed by atoms with Gasteiger partial charge in [-0.3, -0.25) is 4.79 Å². The number of anilines is 1. The van der Waals surface area contributed by atoms with Crippen LogP contribution in [0.5, 0.6) is 0 Å². The first-order valence-corrected chi connectivity index (χ1v) is 6.82. The van der Waals surface area contributed by atoms with Crippen molar-refractivity contribution in [1.82, 2.24) is 0 Å². The van der Waals surface area contributed by atoms with E-state index in [4.69, 9.17) is 5.26 Å². The molecule has 0 aromatic heterocycles. The van der Waals surface area contributed by atoms with E-state index in [2.05, 4.69) is 5.32 Å². The smallest absolute Gasteiger partial charge is 0.325 e. The van der Waals surface area contributed by atoms with Crippen molar-refractivity contribution >= 4 is 11.6 Å². The normalized spacial score (nSPS) is 12.3. The van der Waals surface area contributed by atoms with Crippen LogP contribution in [0.3, 0.4) is 0 Å². The zero-order chi connectivity index (χ0) is 16.9. The number of carbonyl (C=O) groups excluding carboxylic acids is 1. The Hall–Kier alpha value is -2.81. The molecule has 0 saturated carbocycles. The molecule has 0 fully saturated rings. The van der Waals surface area contributed by atoms with Gasteiger partial charge in [0.2, 0.25) is 5.91 Å². The van der Waals surface area contributed by atoms with Crippen molar-refractivity contribution in [3.63, 3.8) is 0 Å². The van der Waals surface area contributed by atoms with Crippen LogP contribution in [-0.2, 0) is 4.79 Å². The van der Waals surface area contributed by atoms with E-state index in [-0.39, 0.29) is 16.8 Å². The average molecular weight is 318 g/mol. The van der Waals surface area contributed by atoms with Gasteiger partial charge < -0.3 is 5.32 Å². The minimum absolute atomic E-state index is 0.0312. The van der Waals surface area contributed by atoms with Crippen molar-refractivity contribution in [2.75, 3.05) is 5.32 Å². The van der Waals surface area contributed by atoms with Crippen LogP contribution in [0.15, 0.2) is 54.6 Å². The lowest BCUT2D eigenvalue weighted by Gasteiger charge is -2.20. The molecule has 6 heteroatoms. The van der Waals surface area contributed by atoms with E-state index in [1.54, 1.807) is 18.2 Å². The Labute approximate surface area is 131 Å². The molecule has 0 unspecified atom stereocenters. The highest BCUT2D eigenvalue weighted by atomic mass is 19.4. The van der Waals surface area contributed by atoms with Crippen LogP contribution in [0.4, 0.5) is 18.9 Å². The summed E-state index contributed by atoms with van der Waals surface area (Å²) in [7, 11) is 0. The molecule has 0 bridgehead atoms. The highest BCUT2D eigenvalue weighted by Crippen LogP contribution is 2.37. The number of amides is 1. The third kappa shape index (κ3) is 4.33. The molecule has 2 aromatic rings. The highest BCUT2D eigenvalue weighted by molar-refractivity contribution is 5.92. The minimum Gasteiger partial charge on any atom is -0.325 e. The largest absolute Gasteiger partial charge is 0.396 e. The maximum atomic E-state index is 13.2. The van der Waals surface area contributed by atoms with Gasteiger partial charge >= 0.3 is 6.18 Å². The van der Waals surface area contributed by atoms with Crippen molar-refractivity contribution in [3.8, 4) is 6.07 Å². The number of nitrogens with one attached hydrogen (secondary N) is 1. The third-order valence-corrected chi connectivity index (χ3v) is 3.31. The van der Waals surface area contributed by atoms with Gasteiger partial charge in [0.25, 0.3) is 0 Å². The first-order valence-electron chi connectivity index (χ1n) is 6.82. The molecule has 1 atom stereocenters. The van der Waals surface area contributed by atoms with Gasteiger partial charge in [-0.2, -0.15) is 18.4 Å². The lowest BCUT2D eigenvalue weighted by molar-refractivity contribution is -0.155. The Morgan fingerprint density at radius 3 is 2.30 bits per heavy atom. The lowest BCUT2D eigenvalue weighted by atomic mass is 9.94. The first kappa shape index (κ1) is 16.6. The molecule has 0 spiro atoms. The molecule has 23 heavy (non-hydrogen) atoms. The summed E-state index contributed by atoms with van der Waals surface area (Å²) in [5, 5.41) is 11.3. The Morgan fingerprint density at radius 2 is 1.70 bits per heavy atom. The molecule has 0 aliphatic heterocycles. The molecule has 3 nitrogen and oxygen atoms in total. The number of carbonyl (C=O) groups is 1. The zero-order valence-corrected chi connectivity index (χ0v) is 12.0. The summed E-state index contributed by atoms with van der Waals surface area (Å²) in [5.74, 6) is -2.68. The van der Waals surface area contributed by atoms with E-state index >= 15 is 0 Å². The number of para-hydroxylation sites is 1. The summed E-state index contributed by atoms with van der Waals surface area (Å²) in [6.07, 6.45) is -5.28. The van der Waals surface area contributed by atoms with Gasteiger partial charge in [-0.15, -0.1) is 0 Å². The van der Waals surface area contributed by atoms with Gasteiger partial charge in [-0.25, -0.2) is 0 Å². The molecule has 2 rings (SSSR count). The Bertz CT molecular complexity index is 721. The van der Waals surface area contributed by atoms with E-state index < -0.39 is 24.4 Å². The molecule has 0 radical (unpaired) electrons. The van der Waals surface area contributed by atoms with Crippen molar-refractivity contribution in [1.29, 1.82) is 5.26 Å². The fourth-order valence-electron chi connectivity index (χ4n) is 2.18. The Balaban J connectivity index is 2.18. The fraction of sp³-hybridized carbons (Fsp3) is 0.176. The van der Waals surface area contributed by atoms with Gasteiger partial charge in [0, 0.05) is 6.42 Å². The van der Waals surface area contributed by atoms with E-state index in [1.165, 1.54) is 36.4 Å². The van der Waals surface area contributed by atoms with Crippen LogP contribution >= 0.6 is 0 Å². The molecule has 1 amide bonds. The summed E-state index contributed by atoms with van der Waals surface area (Å²) in [6.45, 7) is 0. The predicted molar refractivity (Wildman–Crippen MR) is 79.6 cm³/mol. The second-order valence-corrected chi connectivity index (χ2v) is 4.91. The Kier molecular flexibility index (Phi) is 5.02. The number of alkyl halides is 3. The van der Waals surface area contributed by atoms with E-state index in [0.29, 0.717) is 0 Å². The molecule has 2 aromatic carbocycles. The van der Waals surface area contributed by atoms with Crippen molar-refractivity contribution in [2.45, 2.75) is 18.5 Å². The maximum absolute atomic E-state index is 13.2. The number of benzene rings is 2. The van der Waals surface area contributed by atoms with Gasteiger partial charge in [0.05, 0.1) is 17.2 Å². The number of nitrogens with zero attached hydrogens (tertiary/aromatic N) is 1. The molecule has 0 saturated heterocycles. The summed E-state index contributed by atoms with van der Waals surface area (Å²) < 4.78 is 39.7. The van der Waals surface area contributed by atoms with Gasteiger partial charge in [-0.05, 0) is 17.7 Å². The molecule has 0 aliphatic carbocycles. The van der Waals surface area contributed by atoms with Crippen molar-refractivity contribution < 1.29 is 18.0 Å². The van der Waals surface area contributed by atoms with E-state index in [9.17, 15) is 18.0 Å². The lowest BCUT2D eigenvalue weighted by Crippen LogP contribution is -2.26. The number of hydrogen-bond acceptors (Lipinski definition) is 2. The second kappa shape index (κ2) is 6.97. The van der Waals surface area contributed by atoms with Crippen molar-refractivity contribution in [2.24, 2.45) is 0 Å². The number of rotatable bonds is 4. The minimum atomic E-state index is -4.53. The zero-order valence-electron chi connectivity index (χ0n) is 12.0. The Morgan fingerprint density at radius 1 is 1.09 bits per heavy atom. The topological polar surface area (TPSA) is 52.9 Å². The van der Waals surface area contributed by atoms with Gasteiger partial charge in [0.1, 0.15) is 6.07 Å². The quantitative estimate of drug-likeness (QED) is 0.917. The molecule has 1 N–H and O–H groups in total. The average Bonchev–Trinajstić information content (AvgIpc) is 2.53. The SMILES string of the molecule is N#Cc1ccccc1NC(=O)C[C@H](c1ccccc1)C(F)(F)F. The number of nitriles is 1. The van der Waals surface area contributed by atoms with Crippen LogP contribution in [0.1, 0.15) is 23.5 Å². The van der Waals surface area contributed by atoms with Gasteiger partial charge in [-0.1, -0.05) is 42.5 Å². The van der Waals surface area contributed by atoms with E-state index in [0.717, 1.165) is 0 Å². The third-order valence-electron chi connectivity index (χ3n) is 3.31. The summed E-state index contributed by atoms with van der Waals surface area (Å²) in [6, 6.07) is 15.3. The molecular weight excluding hydrogens is 305 g/mol. The molecule has 0 heterocycles. The second-order valence-electron chi connectivity index (χ2n) is 4.91. The maximum Gasteiger partial charge on any atom is 0.396 e. The van der Waals surface area contributed by atoms with Crippen LogP contribution < -0.4 is 5.32 Å². The predicted octanol–water partition coefficient (Wildman–Crippen LogP) is 4.23. The number of halogens is 3. The van der Waals surface area contributed by atoms with Crippen LogP contribution in [0, 0.1) is 11.3 Å². The van der Waals surface area contributed by atoms with Crippen LogP contribution in [-0.4, -0.2) is 12.1 Å². The van der Waals surface area contributed by atoms with Crippen LogP contribution in [0.2, 0.25) is 0 Å². The summed E-state index contributed by atoms with van der Waals surface area (Å²) in [5.41, 5.74) is 0.432. The summed E-state index contributed by atoms with van der Waals surface area (Å²) in [4.78, 5) is 12.0. The van der Waals surface area contributed by atoms with Gasteiger partial charge in [0.15, 0.2) is 0 Å². The van der Waals surface area contributed by atoms with E-state index in [1.807, 2.05) is 6.07 Å². The molecule has 118 valence electrons. The highest BCUT2D eigenvalue weighted by Gasteiger charge is 2.41. The molecular formula is C17H13F3N2O.